The number of ether oxygens (including phenoxy) is 1. The van der Waals surface area contributed by atoms with Gasteiger partial charge in [-0.15, -0.1) is 0 Å². The van der Waals surface area contributed by atoms with Gasteiger partial charge < -0.3 is 19.6 Å². The normalized spacial score (nSPS) is 23.1. The number of rotatable bonds is 5. The minimum Gasteiger partial charge on any atom is -0.467 e. The van der Waals surface area contributed by atoms with Crippen molar-refractivity contribution in [3.63, 3.8) is 0 Å². The lowest BCUT2D eigenvalue weighted by molar-refractivity contribution is 0.0999. The zero-order chi connectivity index (χ0) is 10.5. The van der Waals surface area contributed by atoms with Crippen LogP contribution in [0.5, 0.6) is 0 Å². The van der Waals surface area contributed by atoms with Gasteiger partial charge in [-0.25, -0.2) is 0 Å². The van der Waals surface area contributed by atoms with Crippen LogP contribution < -0.4 is 5.32 Å². The van der Waals surface area contributed by atoms with Crippen LogP contribution in [0.25, 0.3) is 0 Å². The fourth-order valence-corrected chi connectivity index (χ4v) is 1.77. The monoisotopic (exact) mass is 211 g/mol. The van der Waals surface area contributed by atoms with E-state index in [1.54, 1.807) is 18.4 Å². The second-order valence-electron chi connectivity index (χ2n) is 3.82. The molecule has 2 heterocycles. The van der Waals surface area contributed by atoms with Gasteiger partial charge in [-0.3, -0.25) is 0 Å². The second kappa shape index (κ2) is 5.30. The Kier molecular flexibility index (Phi) is 3.77. The van der Waals surface area contributed by atoms with E-state index in [9.17, 15) is 5.11 Å². The molecule has 1 aliphatic rings. The number of aliphatic hydroxyl groups is 1. The maximum Gasteiger partial charge on any atom is 0.133 e. The topological polar surface area (TPSA) is 54.6 Å². The molecule has 0 aromatic carbocycles. The van der Waals surface area contributed by atoms with Crippen LogP contribution >= 0.6 is 0 Å². The largest absolute Gasteiger partial charge is 0.467 e. The Bertz CT molecular complexity index is 267. The van der Waals surface area contributed by atoms with Crippen LogP contribution in [0.1, 0.15) is 24.7 Å². The average molecular weight is 211 g/mol. The predicted octanol–water partition coefficient (Wildman–Crippen LogP) is 1.08. The standard InChI is InChI=1S/C11H17NO3/c13-10(11-4-2-6-15-11)8-12-7-9-3-1-5-14-9/h2,4,6,9-10,12-13H,1,3,5,7-8H2. The first kappa shape index (κ1) is 10.7. The molecule has 0 spiro atoms. The van der Waals surface area contributed by atoms with Crippen molar-refractivity contribution >= 4 is 0 Å². The molecule has 0 amide bonds. The number of aliphatic hydroxyl groups excluding tert-OH is 1. The zero-order valence-corrected chi connectivity index (χ0v) is 8.69. The van der Waals surface area contributed by atoms with E-state index in [4.69, 9.17) is 9.15 Å². The van der Waals surface area contributed by atoms with E-state index < -0.39 is 6.10 Å². The predicted molar refractivity (Wildman–Crippen MR) is 55.5 cm³/mol. The van der Waals surface area contributed by atoms with Gasteiger partial charge >= 0.3 is 0 Å². The Morgan fingerprint density at radius 2 is 2.53 bits per heavy atom. The third-order valence-corrected chi connectivity index (χ3v) is 2.61. The van der Waals surface area contributed by atoms with Crippen molar-refractivity contribution in [3.8, 4) is 0 Å². The van der Waals surface area contributed by atoms with Crippen LogP contribution in [0, 0.1) is 0 Å². The molecule has 0 radical (unpaired) electrons. The van der Waals surface area contributed by atoms with E-state index in [1.165, 1.54) is 0 Å². The fraction of sp³-hybridized carbons (Fsp3) is 0.636. The number of hydrogen-bond acceptors (Lipinski definition) is 4. The lowest BCUT2D eigenvalue weighted by Crippen LogP contribution is -2.29. The number of nitrogens with one attached hydrogen (secondary N) is 1. The van der Waals surface area contributed by atoms with Gasteiger partial charge in [0.05, 0.1) is 12.4 Å². The molecule has 0 saturated carbocycles. The molecular formula is C11H17NO3. The molecule has 2 N–H and O–H groups in total. The highest BCUT2D eigenvalue weighted by Crippen LogP contribution is 2.13. The van der Waals surface area contributed by atoms with Crippen LogP contribution in [-0.2, 0) is 4.74 Å². The summed E-state index contributed by atoms with van der Waals surface area (Å²) in [6, 6.07) is 3.55. The van der Waals surface area contributed by atoms with Crippen molar-refractivity contribution < 1.29 is 14.3 Å². The Labute approximate surface area is 89.2 Å². The van der Waals surface area contributed by atoms with E-state index in [0.717, 1.165) is 26.0 Å². The lowest BCUT2D eigenvalue weighted by atomic mass is 10.2. The van der Waals surface area contributed by atoms with Crippen molar-refractivity contribution in [2.75, 3.05) is 19.7 Å². The Morgan fingerprint density at radius 3 is 3.20 bits per heavy atom. The molecule has 2 unspecified atom stereocenters. The van der Waals surface area contributed by atoms with Crippen molar-refractivity contribution in [1.82, 2.24) is 5.32 Å². The molecule has 2 rings (SSSR count). The maximum absolute atomic E-state index is 9.69. The first-order valence-corrected chi connectivity index (χ1v) is 5.40. The van der Waals surface area contributed by atoms with Gasteiger partial charge in [0.1, 0.15) is 11.9 Å². The van der Waals surface area contributed by atoms with Gasteiger partial charge in [-0.1, -0.05) is 0 Å². The van der Waals surface area contributed by atoms with Gasteiger partial charge in [-0.05, 0) is 25.0 Å². The van der Waals surface area contributed by atoms with Crippen molar-refractivity contribution in [1.29, 1.82) is 0 Å². The first-order valence-electron chi connectivity index (χ1n) is 5.40. The van der Waals surface area contributed by atoms with Crippen molar-refractivity contribution in [2.45, 2.75) is 25.0 Å². The number of furan rings is 1. The van der Waals surface area contributed by atoms with E-state index >= 15 is 0 Å². The molecule has 2 atom stereocenters. The summed E-state index contributed by atoms with van der Waals surface area (Å²) in [6.45, 7) is 2.18. The molecule has 4 heteroatoms. The molecular weight excluding hydrogens is 194 g/mol. The maximum atomic E-state index is 9.69. The summed E-state index contributed by atoms with van der Waals surface area (Å²) < 4.78 is 10.6. The fourth-order valence-electron chi connectivity index (χ4n) is 1.77. The summed E-state index contributed by atoms with van der Waals surface area (Å²) in [4.78, 5) is 0. The van der Waals surface area contributed by atoms with E-state index in [2.05, 4.69) is 5.32 Å². The highest BCUT2D eigenvalue weighted by molar-refractivity contribution is 5.02. The summed E-state index contributed by atoms with van der Waals surface area (Å²) in [7, 11) is 0. The highest BCUT2D eigenvalue weighted by atomic mass is 16.5. The van der Waals surface area contributed by atoms with E-state index in [0.29, 0.717) is 18.4 Å². The first-order chi connectivity index (χ1) is 7.36. The molecule has 1 aromatic rings. The summed E-state index contributed by atoms with van der Waals surface area (Å²) >= 11 is 0. The van der Waals surface area contributed by atoms with Gasteiger partial charge in [0.15, 0.2) is 0 Å². The minimum absolute atomic E-state index is 0.314. The van der Waals surface area contributed by atoms with Crippen LogP contribution in [0.3, 0.4) is 0 Å². The smallest absolute Gasteiger partial charge is 0.133 e. The van der Waals surface area contributed by atoms with Gasteiger partial charge in [0, 0.05) is 19.7 Å². The summed E-state index contributed by atoms with van der Waals surface area (Å²) in [6.07, 6.45) is 3.57. The van der Waals surface area contributed by atoms with Crippen LogP contribution in [0.4, 0.5) is 0 Å². The van der Waals surface area contributed by atoms with Gasteiger partial charge in [0.25, 0.3) is 0 Å². The third-order valence-electron chi connectivity index (χ3n) is 2.61. The molecule has 4 nitrogen and oxygen atoms in total. The lowest BCUT2D eigenvalue weighted by Gasteiger charge is -2.12. The summed E-state index contributed by atoms with van der Waals surface area (Å²) in [5.41, 5.74) is 0. The second-order valence-corrected chi connectivity index (χ2v) is 3.82. The quantitative estimate of drug-likeness (QED) is 0.765. The summed E-state index contributed by atoms with van der Waals surface area (Å²) in [5, 5.41) is 12.9. The Balaban J connectivity index is 1.65. The molecule has 0 bridgehead atoms. The van der Waals surface area contributed by atoms with E-state index in [1.807, 2.05) is 0 Å². The number of hydrogen-bond donors (Lipinski definition) is 2. The minimum atomic E-state index is -0.568. The summed E-state index contributed by atoms with van der Waals surface area (Å²) in [5.74, 6) is 0.606. The molecule has 1 aliphatic heterocycles. The van der Waals surface area contributed by atoms with Crippen LogP contribution in [0.2, 0.25) is 0 Å². The van der Waals surface area contributed by atoms with Crippen molar-refractivity contribution in [2.24, 2.45) is 0 Å². The highest BCUT2D eigenvalue weighted by Gasteiger charge is 2.16. The third kappa shape index (κ3) is 3.06. The SMILES string of the molecule is OC(CNCC1CCCO1)c1ccco1. The van der Waals surface area contributed by atoms with Crippen LogP contribution in [0.15, 0.2) is 22.8 Å². The van der Waals surface area contributed by atoms with Gasteiger partial charge in [-0.2, -0.15) is 0 Å². The molecule has 1 fully saturated rings. The zero-order valence-electron chi connectivity index (χ0n) is 8.69. The average Bonchev–Trinajstić information content (AvgIpc) is 2.90. The molecule has 0 aliphatic carbocycles. The van der Waals surface area contributed by atoms with Crippen LogP contribution in [-0.4, -0.2) is 30.9 Å². The van der Waals surface area contributed by atoms with Crippen molar-refractivity contribution in [3.05, 3.63) is 24.2 Å². The Morgan fingerprint density at radius 1 is 1.60 bits per heavy atom. The molecule has 1 aromatic heterocycles. The van der Waals surface area contributed by atoms with Gasteiger partial charge in [0.2, 0.25) is 0 Å². The molecule has 84 valence electrons. The molecule has 15 heavy (non-hydrogen) atoms. The van der Waals surface area contributed by atoms with E-state index in [-0.39, 0.29) is 0 Å². The molecule has 1 saturated heterocycles. The Hall–Kier alpha value is -0.840.